The van der Waals surface area contributed by atoms with Gasteiger partial charge in [0.2, 0.25) is 0 Å². The average molecular weight is 357 g/mol. The normalized spacial score (nSPS) is 47.7. The molecule has 0 heteroatoms. The number of allylic oxidation sites excluding steroid dienone is 2. The summed E-state index contributed by atoms with van der Waals surface area (Å²) < 4.78 is 0. The summed E-state index contributed by atoms with van der Waals surface area (Å²) in [5, 5.41) is 0. The molecular formula is C26H44. The monoisotopic (exact) mass is 356 g/mol. The lowest BCUT2D eigenvalue weighted by molar-refractivity contribution is -0.0449. The van der Waals surface area contributed by atoms with Crippen LogP contribution in [0.25, 0.3) is 0 Å². The maximum absolute atomic E-state index is 2.78. The van der Waals surface area contributed by atoms with Crippen LogP contribution in [0.15, 0.2) is 11.6 Å². The molecule has 4 aliphatic rings. The molecule has 148 valence electrons. The van der Waals surface area contributed by atoms with Gasteiger partial charge >= 0.3 is 0 Å². The van der Waals surface area contributed by atoms with E-state index in [0.29, 0.717) is 10.8 Å². The SMILES string of the molecule is CCCCC[C@H]1CC[C@@]2(C)C(=CC[C@@H]3[C@H]2CC[C@]2(C)[C@@H](CC)CC[C@@H]32)C1. The molecule has 3 saturated carbocycles. The summed E-state index contributed by atoms with van der Waals surface area (Å²) in [4.78, 5) is 0. The van der Waals surface area contributed by atoms with Gasteiger partial charge in [0.05, 0.1) is 0 Å². The first-order valence-corrected chi connectivity index (χ1v) is 12.2. The lowest BCUT2D eigenvalue weighted by Gasteiger charge is -2.58. The first kappa shape index (κ1) is 19.1. The maximum atomic E-state index is 2.78. The average Bonchev–Trinajstić information content (AvgIpc) is 2.98. The Labute approximate surface area is 163 Å². The van der Waals surface area contributed by atoms with Gasteiger partial charge in [-0.1, -0.05) is 71.4 Å². The van der Waals surface area contributed by atoms with Crippen LogP contribution in [0.5, 0.6) is 0 Å². The van der Waals surface area contributed by atoms with Gasteiger partial charge in [-0.3, -0.25) is 0 Å². The van der Waals surface area contributed by atoms with Gasteiger partial charge in [-0.25, -0.2) is 0 Å². The van der Waals surface area contributed by atoms with E-state index in [9.17, 15) is 0 Å². The molecule has 0 N–H and O–H groups in total. The Morgan fingerprint density at radius 2 is 1.81 bits per heavy atom. The van der Waals surface area contributed by atoms with Gasteiger partial charge in [0.25, 0.3) is 0 Å². The molecule has 0 saturated heterocycles. The molecule has 0 aromatic rings. The van der Waals surface area contributed by atoms with Gasteiger partial charge in [0.15, 0.2) is 0 Å². The van der Waals surface area contributed by atoms with Crippen molar-refractivity contribution < 1.29 is 0 Å². The molecule has 0 nitrogen and oxygen atoms in total. The summed E-state index contributed by atoms with van der Waals surface area (Å²) in [7, 11) is 0. The van der Waals surface area contributed by atoms with Gasteiger partial charge in [0.1, 0.15) is 0 Å². The molecule has 0 amide bonds. The Kier molecular flexibility index (Phi) is 5.35. The number of hydrogen-bond acceptors (Lipinski definition) is 0. The molecule has 0 unspecified atom stereocenters. The van der Waals surface area contributed by atoms with Crippen molar-refractivity contribution in [3.05, 3.63) is 11.6 Å². The molecule has 0 heterocycles. The zero-order chi connectivity index (χ0) is 18.4. The topological polar surface area (TPSA) is 0 Å². The van der Waals surface area contributed by atoms with Crippen LogP contribution < -0.4 is 0 Å². The Morgan fingerprint density at radius 3 is 2.58 bits per heavy atom. The molecule has 0 bridgehead atoms. The molecular weight excluding hydrogens is 312 g/mol. The molecule has 0 aliphatic heterocycles. The van der Waals surface area contributed by atoms with Crippen molar-refractivity contribution in [3.8, 4) is 0 Å². The molecule has 0 aromatic carbocycles. The predicted molar refractivity (Wildman–Crippen MR) is 113 cm³/mol. The molecule has 7 atom stereocenters. The van der Waals surface area contributed by atoms with Gasteiger partial charge < -0.3 is 0 Å². The zero-order valence-electron chi connectivity index (χ0n) is 18.2. The highest BCUT2D eigenvalue weighted by Gasteiger charge is 2.57. The summed E-state index contributed by atoms with van der Waals surface area (Å²) in [6.07, 6.45) is 22.0. The van der Waals surface area contributed by atoms with E-state index in [1.807, 2.05) is 5.57 Å². The van der Waals surface area contributed by atoms with Crippen LogP contribution in [-0.2, 0) is 0 Å². The van der Waals surface area contributed by atoms with E-state index in [-0.39, 0.29) is 0 Å². The van der Waals surface area contributed by atoms with Crippen LogP contribution in [0, 0.1) is 40.4 Å². The summed E-state index contributed by atoms with van der Waals surface area (Å²) in [6, 6.07) is 0. The number of rotatable bonds is 5. The molecule has 3 fully saturated rings. The Hall–Kier alpha value is -0.260. The van der Waals surface area contributed by atoms with Crippen molar-refractivity contribution in [3.63, 3.8) is 0 Å². The lowest BCUT2D eigenvalue weighted by atomic mass is 9.47. The standard InChI is InChI=1S/C26H44/c1-5-7-8-9-19-14-16-26(4)21(18-19)10-12-22-23-13-11-20(6-2)25(23,3)17-15-24(22)26/h10,19-20,22-24H,5-9,11-18H2,1-4H3/t19-,20-,22-,23-,24+,25+,26-/m0/s1. The van der Waals surface area contributed by atoms with Crippen LogP contribution in [0.4, 0.5) is 0 Å². The highest BCUT2D eigenvalue weighted by molar-refractivity contribution is 5.25. The molecule has 26 heavy (non-hydrogen) atoms. The number of unbranched alkanes of at least 4 members (excludes halogenated alkanes) is 2. The third-order valence-corrected chi connectivity index (χ3v) is 10.1. The summed E-state index contributed by atoms with van der Waals surface area (Å²) in [6.45, 7) is 10.2. The van der Waals surface area contributed by atoms with Crippen LogP contribution >= 0.6 is 0 Å². The minimum atomic E-state index is 0.565. The van der Waals surface area contributed by atoms with Gasteiger partial charge in [-0.2, -0.15) is 0 Å². The van der Waals surface area contributed by atoms with Crippen LogP contribution in [0.1, 0.15) is 111 Å². The van der Waals surface area contributed by atoms with E-state index in [4.69, 9.17) is 0 Å². The minimum absolute atomic E-state index is 0.565. The fraction of sp³-hybridized carbons (Fsp3) is 0.923. The molecule has 0 spiro atoms. The molecule has 4 aliphatic carbocycles. The fourth-order valence-electron chi connectivity index (χ4n) is 8.45. The fourth-order valence-corrected chi connectivity index (χ4v) is 8.45. The Balaban J connectivity index is 1.50. The maximum Gasteiger partial charge on any atom is -0.00851 e. The number of hydrogen-bond donors (Lipinski definition) is 0. The second-order valence-electron chi connectivity index (χ2n) is 11.1. The summed E-state index contributed by atoms with van der Waals surface area (Å²) >= 11 is 0. The molecule has 0 radical (unpaired) electrons. The van der Waals surface area contributed by atoms with E-state index in [2.05, 4.69) is 33.8 Å². The first-order valence-electron chi connectivity index (χ1n) is 12.2. The quantitative estimate of drug-likeness (QED) is 0.344. The third-order valence-electron chi connectivity index (χ3n) is 10.1. The second-order valence-corrected chi connectivity index (χ2v) is 11.1. The molecule has 4 rings (SSSR count). The van der Waals surface area contributed by atoms with E-state index < -0.39 is 0 Å². The Bertz CT molecular complexity index is 530. The summed E-state index contributed by atoms with van der Waals surface area (Å²) in [5.74, 6) is 5.06. The Morgan fingerprint density at radius 1 is 0.962 bits per heavy atom. The van der Waals surface area contributed by atoms with E-state index >= 15 is 0 Å². The first-order chi connectivity index (χ1) is 12.5. The van der Waals surface area contributed by atoms with Gasteiger partial charge in [-0.05, 0) is 91.8 Å². The van der Waals surface area contributed by atoms with Gasteiger partial charge in [-0.15, -0.1) is 0 Å². The largest absolute Gasteiger partial charge is 0.0845 e. The second kappa shape index (κ2) is 7.29. The van der Waals surface area contributed by atoms with Crippen molar-refractivity contribution in [2.45, 2.75) is 111 Å². The molecule has 0 aromatic heterocycles. The van der Waals surface area contributed by atoms with E-state index in [1.54, 1.807) is 0 Å². The van der Waals surface area contributed by atoms with Crippen molar-refractivity contribution >= 4 is 0 Å². The highest BCUT2D eigenvalue weighted by Crippen LogP contribution is 2.67. The smallest absolute Gasteiger partial charge is 0.00851 e. The van der Waals surface area contributed by atoms with Crippen molar-refractivity contribution in [1.29, 1.82) is 0 Å². The van der Waals surface area contributed by atoms with E-state index in [0.717, 1.165) is 29.6 Å². The predicted octanol–water partition coefficient (Wildman–Crippen LogP) is 8.17. The van der Waals surface area contributed by atoms with Crippen LogP contribution in [-0.4, -0.2) is 0 Å². The van der Waals surface area contributed by atoms with Crippen molar-refractivity contribution in [2.24, 2.45) is 40.4 Å². The zero-order valence-corrected chi connectivity index (χ0v) is 18.2. The minimum Gasteiger partial charge on any atom is -0.0845 e. The van der Waals surface area contributed by atoms with Crippen molar-refractivity contribution in [2.75, 3.05) is 0 Å². The lowest BCUT2D eigenvalue weighted by Crippen LogP contribution is -2.50. The van der Waals surface area contributed by atoms with E-state index in [1.165, 1.54) is 83.5 Å². The van der Waals surface area contributed by atoms with Crippen LogP contribution in [0.2, 0.25) is 0 Å². The van der Waals surface area contributed by atoms with Crippen LogP contribution in [0.3, 0.4) is 0 Å². The van der Waals surface area contributed by atoms with Gasteiger partial charge in [0, 0.05) is 0 Å². The van der Waals surface area contributed by atoms with Crippen molar-refractivity contribution in [1.82, 2.24) is 0 Å². The number of fused-ring (bicyclic) bond motifs is 5. The third kappa shape index (κ3) is 2.93. The summed E-state index contributed by atoms with van der Waals surface area (Å²) in [5.41, 5.74) is 3.14. The highest BCUT2D eigenvalue weighted by atomic mass is 14.6.